The zero-order valence-electron chi connectivity index (χ0n) is 12.2. The van der Waals surface area contributed by atoms with Gasteiger partial charge in [-0.1, -0.05) is 36.4 Å². The molecule has 2 unspecified atom stereocenters. The average Bonchev–Trinajstić information content (AvgIpc) is 2.51. The Labute approximate surface area is 136 Å². The molecular weight excluding hydrogens is 304 g/mol. The predicted molar refractivity (Wildman–Crippen MR) is 94.1 cm³/mol. The second-order valence-corrected chi connectivity index (χ2v) is 5.96. The van der Waals surface area contributed by atoms with Crippen molar-refractivity contribution in [2.75, 3.05) is 12.8 Å². The van der Waals surface area contributed by atoms with Crippen LogP contribution in [0.1, 0.15) is 18.5 Å². The highest BCUT2D eigenvalue weighted by atomic mass is 35.5. The van der Waals surface area contributed by atoms with Crippen LogP contribution in [-0.4, -0.2) is 24.0 Å². The molecule has 2 aromatic rings. The van der Waals surface area contributed by atoms with Gasteiger partial charge in [0.15, 0.2) is 0 Å². The second-order valence-electron chi connectivity index (χ2n) is 4.78. The van der Waals surface area contributed by atoms with E-state index in [1.807, 2.05) is 31.4 Å². The Morgan fingerprint density at radius 1 is 1.24 bits per heavy atom. The molecular formula is C16H21ClN2OS. The van der Waals surface area contributed by atoms with Crippen LogP contribution in [0.5, 0.6) is 0 Å². The van der Waals surface area contributed by atoms with Crippen molar-refractivity contribution in [3.63, 3.8) is 0 Å². The number of carbonyl (C=O) groups is 1. The Balaban J connectivity index is 0.00000220. The summed E-state index contributed by atoms with van der Waals surface area (Å²) in [5.74, 6) is 0.0288. The molecule has 3 nitrogen and oxygen atoms in total. The van der Waals surface area contributed by atoms with Crippen molar-refractivity contribution in [3.8, 4) is 0 Å². The lowest BCUT2D eigenvalue weighted by molar-refractivity contribution is -0.121. The van der Waals surface area contributed by atoms with Gasteiger partial charge in [-0.25, -0.2) is 0 Å². The van der Waals surface area contributed by atoms with Crippen LogP contribution in [0.15, 0.2) is 42.5 Å². The summed E-state index contributed by atoms with van der Waals surface area (Å²) in [6.07, 6.45) is 1.93. The Kier molecular flexibility index (Phi) is 7.02. The Bertz CT molecular complexity index is 606. The molecule has 3 N–H and O–H groups in total. The Morgan fingerprint density at radius 3 is 2.52 bits per heavy atom. The number of fused-ring (bicyclic) bond motifs is 1. The summed E-state index contributed by atoms with van der Waals surface area (Å²) in [6, 6.07) is 14.2. The van der Waals surface area contributed by atoms with Crippen molar-refractivity contribution in [2.24, 2.45) is 5.73 Å². The first kappa shape index (κ1) is 17.8. The van der Waals surface area contributed by atoms with E-state index in [2.05, 4.69) is 29.6 Å². The van der Waals surface area contributed by atoms with Gasteiger partial charge < -0.3 is 11.1 Å². The predicted octanol–water partition coefficient (Wildman–Crippen LogP) is 3.13. The van der Waals surface area contributed by atoms with E-state index in [-0.39, 0.29) is 29.6 Å². The molecule has 0 bridgehead atoms. The fourth-order valence-electron chi connectivity index (χ4n) is 2.10. The lowest BCUT2D eigenvalue weighted by Crippen LogP contribution is -2.37. The van der Waals surface area contributed by atoms with Crippen molar-refractivity contribution < 1.29 is 4.79 Å². The maximum absolute atomic E-state index is 12.0. The van der Waals surface area contributed by atoms with Crippen LogP contribution in [0.25, 0.3) is 10.8 Å². The van der Waals surface area contributed by atoms with Crippen LogP contribution in [0.4, 0.5) is 0 Å². The summed E-state index contributed by atoms with van der Waals surface area (Å²) < 4.78 is 0. The van der Waals surface area contributed by atoms with Crippen molar-refractivity contribution in [1.82, 2.24) is 5.32 Å². The van der Waals surface area contributed by atoms with Gasteiger partial charge in [-0.05, 0) is 35.6 Å². The third kappa shape index (κ3) is 4.37. The number of hydrogen-bond donors (Lipinski definition) is 2. The topological polar surface area (TPSA) is 55.1 Å². The van der Waals surface area contributed by atoms with Gasteiger partial charge in [0.2, 0.25) is 5.91 Å². The lowest BCUT2D eigenvalue weighted by atomic mass is 10.0. The summed E-state index contributed by atoms with van der Waals surface area (Å²) >= 11 is 1.53. The molecule has 1 amide bonds. The number of halogens is 1. The van der Waals surface area contributed by atoms with Crippen LogP contribution in [0.3, 0.4) is 0 Å². The number of rotatable bonds is 5. The van der Waals surface area contributed by atoms with E-state index in [4.69, 9.17) is 5.73 Å². The smallest absolute Gasteiger partial charge is 0.233 e. The third-order valence-electron chi connectivity index (χ3n) is 3.45. The molecule has 0 saturated heterocycles. The number of carbonyl (C=O) groups excluding carboxylic acids is 1. The van der Waals surface area contributed by atoms with E-state index in [9.17, 15) is 4.79 Å². The lowest BCUT2D eigenvalue weighted by Gasteiger charge is -2.20. The van der Waals surface area contributed by atoms with E-state index in [0.717, 1.165) is 10.9 Å². The number of amides is 1. The molecule has 0 saturated carbocycles. The van der Waals surface area contributed by atoms with E-state index in [1.165, 1.54) is 17.1 Å². The minimum Gasteiger partial charge on any atom is -0.347 e. The quantitative estimate of drug-likeness (QED) is 0.888. The molecule has 0 radical (unpaired) electrons. The Morgan fingerprint density at radius 2 is 1.90 bits per heavy atom. The standard InChI is InChI=1S/C16H20N2OS.ClH/c1-11(20-2)16(19)18-15(10-17)14-8-7-12-5-3-4-6-13(12)9-14;/h3-9,11,15H,10,17H2,1-2H3,(H,18,19);1H. The number of thioether (sulfide) groups is 1. The summed E-state index contributed by atoms with van der Waals surface area (Å²) in [6.45, 7) is 2.29. The minimum absolute atomic E-state index is 0. The maximum Gasteiger partial charge on any atom is 0.233 e. The summed E-state index contributed by atoms with van der Waals surface area (Å²) in [7, 11) is 0. The average molecular weight is 325 g/mol. The van der Waals surface area contributed by atoms with Gasteiger partial charge in [0.1, 0.15) is 0 Å². The van der Waals surface area contributed by atoms with Crippen LogP contribution in [0.2, 0.25) is 0 Å². The van der Waals surface area contributed by atoms with Crippen LogP contribution < -0.4 is 11.1 Å². The summed E-state index contributed by atoms with van der Waals surface area (Å²) in [5, 5.41) is 5.30. The molecule has 0 aliphatic heterocycles. The highest BCUT2D eigenvalue weighted by Crippen LogP contribution is 2.20. The molecule has 21 heavy (non-hydrogen) atoms. The van der Waals surface area contributed by atoms with Gasteiger partial charge in [-0.15, -0.1) is 12.4 Å². The van der Waals surface area contributed by atoms with Crippen LogP contribution in [0, 0.1) is 0 Å². The molecule has 0 heterocycles. The molecule has 114 valence electrons. The summed E-state index contributed by atoms with van der Waals surface area (Å²) in [4.78, 5) is 12.0. The minimum atomic E-state index is -0.137. The first-order chi connectivity index (χ1) is 9.65. The van der Waals surface area contributed by atoms with Gasteiger partial charge in [0.05, 0.1) is 11.3 Å². The van der Waals surface area contributed by atoms with E-state index in [0.29, 0.717) is 6.54 Å². The first-order valence-electron chi connectivity index (χ1n) is 6.67. The molecule has 0 aliphatic rings. The summed E-state index contributed by atoms with van der Waals surface area (Å²) in [5.41, 5.74) is 6.87. The monoisotopic (exact) mass is 324 g/mol. The zero-order chi connectivity index (χ0) is 14.5. The third-order valence-corrected chi connectivity index (χ3v) is 4.37. The fraction of sp³-hybridized carbons (Fsp3) is 0.312. The van der Waals surface area contributed by atoms with Crippen LogP contribution >= 0.6 is 24.2 Å². The largest absolute Gasteiger partial charge is 0.347 e. The van der Waals surface area contributed by atoms with Crippen LogP contribution in [-0.2, 0) is 4.79 Å². The molecule has 2 rings (SSSR count). The molecule has 0 spiro atoms. The van der Waals surface area contributed by atoms with Crippen molar-refractivity contribution in [3.05, 3.63) is 48.0 Å². The molecule has 0 aliphatic carbocycles. The second kappa shape index (κ2) is 8.27. The Hall–Kier alpha value is -1.23. The van der Waals surface area contributed by atoms with Gasteiger partial charge >= 0.3 is 0 Å². The number of nitrogens with two attached hydrogens (primary N) is 1. The van der Waals surface area contributed by atoms with E-state index >= 15 is 0 Å². The maximum atomic E-state index is 12.0. The fourth-order valence-corrected chi connectivity index (χ4v) is 2.38. The normalized spacial score (nSPS) is 13.3. The SMILES string of the molecule is CSC(C)C(=O)NC(CN)c1ccc2ccccc2c1.Cl. The van der Waals surface area contributed by atoms with Crippen molar-refractivity contribution in [1.29, 1.82) is 0 Å². The number of benzene rings is 2. The van der Waals surface area contributed by atoms with Crippen molar-refractivity contribution >= 4 is 40.8 Å². The van der Waals surface area contributed by atoms with Crippen molar-refractivity contribution in [2.45, 2.75) is 18.2 Å². The molecule has 5 heteroatoms. The number of nitrogens with one attached hydrogen (secondary N) is 1. The molecule has 0 aromatic heterocycles. The molecule has 2 atom stereocenters. The van der Waals surface area contributed by atoms with Gasteiger partial charge in [0, 0.05) is 6.54 Å². The first-order valence-corrected chi connectivity index (χ1v) is 7.96. The zero-order valence-corrected chi connectivity index (χ0v) is 13.8. The molecule has 0 fully saturated rings. The van der Waals surface area contributed by atoms with Gasteiger partial charge in [-0.2, -0.15) is 11.8 Å². The van der Waals surface area contributed by atoms with Gasteiger partial charge in [-0.3, -0.25) is 4.79 Å². The van der Waals surface area contributed by atoms with Gasteiger partial charge in [0.25, 0.3) is 0 Å². The highest BCUT2D eigenvalue weighted by molar-refractivity contribution is 7.99. The number of hydrogen-bond acceptors (Lipinski definition) is 3. The molecule has 2 aromatic carbocycles. The highest BCUT2D eigenvalue weighted by Gasteiger charge is 2.17. The van der Waals surface area contributed by atoms with E-state index < -0.39 is 0 Å². The van der Waals surface area contributed by atoms with E-state index in [1.54, 1.807) is 0 Å².